The minimum absolute atomic E-state index is 0.0349. The van der Waals surface area contributed by atoms with Crippen molar-refractivity contribution in [1.29, 1.82) is 0 Å². The van der Waals surface area contributed by atoms with E-state index in [4.69, 9.17) is 5.11 Å². The largest absolute Gasteiger partial charge is 0.391 e. The van der Waals surface area contributed by atoms with E-state index in [1.807, 2.05) is 0 Å². The Balaban J connectivity index is 3.05. The van der Waals surface area contributed by atoms with Crippen molar-refractivity contribution in [3.63, 3.8) is 0 Å². The molecule has 1 aromatic rings. The summed E-state index contributed by atoms with van der Waals surface area (Å²) >= 11 is 0. The zero-order valence-corrected chi connectivity index (χ0v) is 7.86. The first kappa shape index (κ1) is 10.6. The molecule has 0 aliphatic carbocycles. The van der Waals surface area contributed by atoms with Crippen LogP contribution in [0.2, 0.25) is 0 Å². The van der Waals surface area contributed by atoms with Gasteiger partial charge in [0, 0.05) is 12.6 Å². The fourth-order valence-electron chi connectivity index (χ4n) is 1.26. The molecule has 5 heteroatoms. The third kappa shape index (κ3) is 2.27. The standard InChI is InChI=1S/C9H12N2O3/c1-10-5-7-2-3-9(11(13)14)8(4-7)6-12/h2-4,10,12H,5-6H2,1H3. The van der Waals surface area contributed by atoms with Crippen molar-refractivity contribution >= 4 is 5.69 Å². The van der Waals surface area contributed by atoms with Gasteiger partial charge in [0.25, 0.3) is 5.69 Å². The average molecular weight is 196 g/mol. The fourth-order valence-corrected chi connectivity index (χ4v) is 1.26. The third-order valence-electron chi connectivity index (χ3n) is 1.89. The summed E-state index contributed by atoms with van der Waals surface area (Å²) in [6, 6.07) is 4.72. The molecule has 0 radical (unpaired) electrons. The van der Waals surface area contributed by atoms with Gasteiger partial charge in [0.2, 0.25) is 0 Å². The zero-order valence-electron chi connectivity index (χ0n) is 7.86. The predicted molar refractivity (Wildman–Crippen MR) is 51.8 cm³/mol. The van der Waals surface area contributed by atoms with Gasteiger partial charge < -0.3 is 10.4 Å². The summed E-state index contributed by atoms with van der Waals surface area (Å²) in [6.45, 7) is 0.318. The maximum Gasteiger partial charge on any atom is 0.274 e. The lowest BCUT2D eigenvalue weighted by atomic mass is 10.1. The van der Waals surface area contributed by atoms with Crippen molar-refractivity contribution in [3.8, 4) is 0 Å². The van der Waals surface area contributed by atoms with Gasteiger partial charge in [-0.05, 0) is 18.7 Å². The molecule has 0 bridgehead atoms. The minimum Gasteiger partial charge on any atom is -0.391 e. The second-order valence-corrected chi connectivity index (χ2v) is 2.91. The van der Waals surface area contributed by atoms with Crippen LogP contribution in [0, 0.1) is 10.1 Å². The highest BCUT2D eigenvalue weighted by Crippen LogP contribution is 2.19. The van der Waals surface area contributed by atoms with Crippen LogP contribution in [0.25, 0.3) is 0 Å². The number of hydrogen-bond donors (Lipinski definition) is 2. The molecule has 2 N–H and O–H groups in total. The Morgan fingerprint density at radius 3 is 2.79 bits per heavy atom. The topological polar surface area (TPSA) is 75.4 Å². The molecule has 0 fully saturated rings. The van der Waals surface area contributed by atoms with Crippen molar-refractivity contribution in [2.45, 2.75) is 13.2 Å². The van der Waals surface area contributed by atoms with Crippen LogP contribution < -0.4 is 5.32 Å². The lowest BCUT2D eigenvalue weighted by Crippen LogP contribution is -2.06. The lowest BCUT2D eigenvalue weighted by Gasteiger charge is -2.03. The summed E-state index contributed by atoms with van der Waals surface area (Å²) in [5.74, 6) is 0. The van der Waals surface area contributed by atoms with Crippen LogP contribution >= 0.6 is 0 Å². The summed E-state index contributed by atoms with van der Waals surface area (Å²) < 4.78 is 0. The van der Waals surface area contributed by atoms with Crippen LogP contribution in [-0.4, -0.2) is 17.1 Å². The van der Waals surface area contributed by atoms with E-state index in [1.54, 1.807) is 19.2 Å². The van der Waals surface area contributed by atoms with Crippen LogP contribution in [0.3, 0.4) is 0 Å². The van der Waals surface area contributed by atoms with Crippen LogP contribution in [0.5, 0.6) is 0 Å². The molecule has 0 unspecified atom stereocenters. The fraction of sp³-hybridized carbons (Fsp3) is 0.333. The van der Waals surface area contributed by atoms with Crippen molar-refractivity contribution in [2.75, 3.05) is 7.05 Å². The molecule has 0 saturated heterocycles. The molecule has 1 aromatic carbocycles. The molecule has 0 amide bonds. The van der Waals surface area contributed by atoms with Crippen molar-refractivity contribution in [3.05, 3.63) is 39.4 Å². The number of hydrogen-bond acceptors (Lipinski definition) is 4. The van der Waals surface area contributed by atoms with E-state index in [1.165, 1.54) is 6.07 Å². The Morgan fingerprint density at radius 1 is 1.57 bits per heavy atom. The van der Waals surface area contributed by atoms with Gasteiger partial charge in [0.1, 0.15) is 0 Å². The quantitative estimate of drug-likeness (QED) is 0.552. The van der Waals surface area contributed by atoms with Crippen LogP contribution in [0.4, 0.5) is 5.69 Å². The van der Waals surface area contributed by atoms with Crippen LogP contribution in [-0.2, 0) is 13.2 Å². The molecule has 0 saturated carbocycles. The first-order valence-electron chi connectivity index (χ1n) is 4.20. The Labute approximate surface area is 81.5 Å². The molecule has 0 aliphatic rings. The number of nitro benzene ring substituents is 1. The SMILES string of the molecule is CNCc1ccc([N+](=O)[O-])c(CO)c1. The van der Waals surface area contributed by atoms with Gasteiger partial charge in [-0.15, -0.1) is 0 Å². The number of aliphatic hydroxyl groups excluding tert-OH is 1. The molecule has 0 atom stereocenters. The van der Waals surface area contributed by atoms with Gasteiger partial charge in [0.15, 0.2) is 0 Å². The second-order valence-electron chi connectivity index (χ2n) is 2.91. The Morgan fingerprint density at radius 2 is 2.29 bits per heavy atom. The highest BCUT2D eigenvalue weighted by molar-refractivity contribution is 5.42. The molecule has 0 aliphatic heterocycles. The highest BCUT2D eigenvalue weighted by Gasteiger charge is 2.12. The number of benzene rings is 1. The van der Waals surface area contributed by atoms with Crippen molar-refractivity contribution in [1.82, 2.24) is 5.32 Å². The number of aliphatic hydroxyl groups is 1. The molecule has 0 spiro atoms. The molecule has 1 rings (SSSR count). The molecular weight excluding hydrogens is 184 g/mol. The van der Waals surface area contributed by atoms with Gasteiger partial charge in [-0.2, -0.15) is 0 Å². The minimum atomic E-state index is -0.491. The molecular formula is C9H12N2O3. The normalized spacial score (nSPS) is 10.1. The van der Waals surface area contributed by atoms with Crippen LogP contribution in [0.15, 0.2) is 18.2 Å². The zero-order chi connectivity index (χ0) is 10.6. The lowest BCUT2D eigenvalue weighted by molar-refractivity contribution is -0.385. The van der Waals surface area contributed by atoms with E-state index in [0.29, 0.717) is 12.1 Å². The molecule has 0 aromatic heterocycles. The van der Waals surface area contributed by atoms with Gasteiger partial charge >= 0.3 is 0 Å². The summed E-state index contributed by atoms with van der Waals surface area (Å²) in [4.78, 5) is 10.0. The maximum atomic E-state index is 10.5. The third-order valence-corrected chi connectivity index (χ3v) is 1.89. The van der Waals surface area contributed by atoms with Crippen molar-refractivity contribution in [2.24, 2.45) is 0 Å². The van der Waals surface area contributed by atoms with Gasteiger partial charge in [-0.3, -0.25) is 10.1 Å². The first-order valence-corrected chi connectivity index (χ1v) is 4.20. The second kappa shape index (κ2) is 4.69. The Bertz CT molecular complexity index is 339. The number of nitrogens with one attached hydrogen (secondary N) is 1. The summed E-state index contributed by atoms with van der Waals surface area (Å²) in [5, 5.41) is 22.4. The van der Waals surface area contributed by atoms with E-state index < -0.39 is 4.92 Å². The summed E-state index contributed by atoms with van der Waals surface area (Å²) in [6.07, 6.45) is 0. The van der Waals surface area contributed by atoms with Gasteiger partial charge in [-0.25, -0.2) is 0 Å². The number of nitrogens with zero attached hydrogens (tertiary/aromatic N) is 1. The van der Waals surface area contributed by atoms with E-state index in [2.05, 4.69) is 5.32 Å². The molecule has 5 nitrogen and oxygen atoms in total. The Kier molecular flexibility index (Phi) is 3.55. The maximum absolute atomic E-state index is 10.5. The molecule has 14 heavy (non-hydrogen) atoms. The molecule has 0 heterocycles. The van der Waals surface area contributed by atoms with E-state index in [-0.39, 0.29) is 12.3 Å². The molecule has 76 valence electrons. The van der Waals surface area contributed by atoms with E-state index in [0.717, 1.165) is 5.56 Å². The first-order chi connectivity index (χ1) is 6.69. The van der Waals surface area contributed by atoms with Crippen LogP contribution in [0.1, 0.15) is 11.1 Å². The summed E-state index contributed by atoms with van der Waals surface area (Å²) in [5.41, 5.74) is 1.23. The summed E-state index contributed by atoms with van der Waals surface area (Å²) in [7, 11) is 1.79. The Hall–Kier alpha value is -1.46. The van der Waals surface area contributed by atoms with Crippen molar-refractivity contribution < 1.29 is 10.0 Å². The number of nitro groups is 1. The monoisotopic (exact) mass is 196 g/mol. The van der Waals surface area contributed by atoms with E-state index in [9.17, 15) is 10.1 Å². The van der Waals surface area contributed by atoms with E-state index >= 15 is 0 Å². The smallest absolute Gasteiger partial charge is 0.274 e. The average Bonchev–Trinajstić information content (AvgIpc) is 2.17. The van der Waals surface area contributed by atoms with Gasteiger partial charge in [0.05, 0.1) is 17.1 Å². The van der Waals surface area contributed by atoms with Gasteiger partial charge in [-0.1, -0.05) is 6.07 Å². The highest BCUT2D eigenvalue weighted by atomic mass is 16.6. The number of rotatable bonds is 4. The predicted octanol–water partition coefficient (Wildman–Crippen LogP) is 0.806.